The van der Waals surface area contributed by atoms with Crippen LogP contribution >= 0.6 is 23.4 Å². The van der Waals surface area contributed by atoms with Crippen LogP contribution in [0, 0.1) is 0 Å². The molecule has 0 spiro atoms. The van der Waals surface area contributed by atoms with Crippen LogP contribution in [-0.4, -0.2) is 31.5 Å². The van der Waals surface area contributed by atoms with Gasteiger partial charge < -0.3 is 9.73 Å². The molecular formula is C17H12ClN5O3S. The molecule has 4 aromatic rings. The average molecular weight is 402 g/mol. The first-order valence-corrected chi connectivity index (χ1v) is 9.17. The molecule has 136 valence electrons. The molecule has 0 unspecified atom stereocenters. The zero-order valence-corrected chi connectivity index (χ0v) is 15.3. The number of anilines is 1. The molecule has 10 heteroatoms. The second-order valence-corrected chi connectivity index (χ2v) is 6.86. The number of fused-ring (bicyclic) bond motifs is 1. The molecule has 8 nitrogen and oxygen atoms in total. The number of H-pyrrole nitrogens is 1. The first kappa shape index (κ1) is 17.4. The highest BCUT2D eigenvalue weighted by atomic mass is 35.5. The number of thioether (sulfide) groups is 1. The van der Waals surface area contributed by atoms with E-state index in [1.54, 1.807) is 42.5 Å². The Labute approximate surface area is 161 Å². The Bertz CT molecular complexity index is 1150. The lowest BCUT2D eigenvalue weighted by molar-refractivity contribution is -0.113. The number of hydrogen-bond donors (Lipinski definition) is 2. The summed E-state index contributed by atoms with van der Waals surface area (Å²) in [5.41, 5.74) is 1.09. The molecule has 0 aliphatic rings. The van der Waals surface area contributed by atoms with Gasteiger partial charge in [-0.2, -0.15) is 5.10 Å². The standard InChI is InChI=1S/C17H12ClN5O3S/c18-10-3-5-11(6-4-10)19-15(24)9-27-17-21-20-16(25)13-8-12(22-23(13)17)14-2-1-7-26-14/h1-8H,9H2,(H,19,24)(H,20,25). The molecule has 0 saturated carbocycles. The number of hydrogen-bond acceptors (Lipinski definition) is 6. The first-order chi connectivity index (χ1) is 13.1. The van der Waals surface area contributed by atoms with Crippen LogP contribution in [-0.2, 0) is 4.79 Å². The summed E-state index contributed by atoms with van der Waals surface area (Å²) in [5, 5.41) is 14.5. The number of nitrogens with zero attached hydrogens (tertiary/aromatic N) is 3. The van der Waals surface area contributed by atoms with E-state index in [-0.39, 0.29) is 17.2 Å². The van der Waals surface area contributed by atoms with E-state index < -0.39 is 0 Å². The Morgan fingerprint density at radius 2 is 2.11 bits per heavy atom. The number of carbonyl (C=O) groups is 1. The lowest BCUT2D eigenvalue weighted by Gasteiger charge is -2.05. The second kappa shape index (κ2) is 7.29. The van der Waals surface area contributed by atoms with Gasteiger partial charge in [-0.05, 0) is 36.4 Å². The largest absolute Gasteiger partial charge is 0.463 e. The van der Waals surface area contributed by atoms with Crippen molar-refractivity contribution >= 4 is 40.5 Å². The van der Waals surface area contributed by atoms with E-state index in [4.69, 9.17) is 16.0 Å². The fourth-order valence-corrected chi connectivity index (χ4v) is 3.22. The molecular weight excluding hydrogens is 390 g/mol. The van der Waals surface area contributed by atoms with Crippen LogP contribution in [0.2, 0.25) is 5.02 Å². The van der Waals surface area contributed by atoms with Gasteiger partial charge >= 0.3 is 0 Å². The molecule has 0 bridgehead atoms. The molecule has 3 aromatic heterocycles. The summed E-state index contributed by atoms with van der Waals surface area (Å²) in [6.45, 7) is 0. The molecule has 0 atom stereocenters. The Hall–Kier alpha value is -3.04. The Balaban J connectivity index is 1.53. The molecule has 1 aromatic carbocycles. The smallest absolute Gasteiger partial charge is 0.290 e. The van der Waals surface area contributed by atoms with Gasteiger partial charge in [-0.3, -0.25) is 9.59 Å². The fourth-order valence-electron chi connectivity index (χ4n) is 2.39. The van der Waals surface area contributed by atoms with Gasteiger partial charge in [0.15, 0.2) is 5.76 Å². The average Bonchev–Trinajstić information content (AvgIpc) is 3.33. The normalized spacial score (nSPS) is 11.0. The van der Waals surface area contributed by atoms with Crippen molar-refractivity contribution in [2.24, 2.45) is 0 Å². The first-order valence-electron chi connectivity index (χ1n) is 7.81. The number of furan rings is 1. The van der Waals surface area contributed by atoms with Gasteiger partial charge in [-0.15, -0.1) is 5.10 Å². The highest BCUT2D eigenvalue weighted by Crippen LogP contribution is 2.22. The van der Waals surface area contributed by atoms with Crippen molar-refractivity contribution in [3.05, 3.63) is 64.1 Å². The summed E-state index contributed by atoms with van der Waals surface area (Å²) in [5.74, 6) is 0.406. The highest BCUT2D eigenvalue weighted by Gasteiger charge is 2.15. The van der Waals surface area contributed by atoms with Crippen molar-refractivity contribution in [3.8, 4) is 11.5 Å². The molecule has 4 rings (SSSR count). The van der Waals surface area contributed by atoms with E-state index in [2.05, 4.69) is 20.6 Å². The van der Waals surface area contributed by atoms with Gasteiger partial charge in [-0.25, -0.2) is 9.61 Å². The van der Waals surface area contributed by atoms with Gasteiger partial charge in [0.2, 0.25) is 11.1 Å². The number of benzene rings is 1. The molecule has 1 amide bonds. The van der Waals surface area contributed by atoms with Crippen LogP contribution in [0.25, 0.3) is 17.0 Å². The summed E-state index contributed by atoms with van der Waals surface area (Å²) in [6.07, 6.45) is 1.53. The molecule has 0 aliphatic carbocycles. The maximum absolute atomic E-state index is 12.2. The van der Waals surface area contributed by atoms with Crippen LogP contribution in [0.15, 0.2) is 63.1 Å². The summed E-state index contributed by atoms with van der Waals surface area (Å²) in [7, 11) is 0. The molecule has 0 radical (unpaired) electrons. The van der Waals surface area contributed by atoms with E-state index in [1.165, 1.54) is 10.8 Å². The van der Waals surface area contributed by atoms with Crippen LogP contribution in [0.5, 0.6) is 0 Å². The second-order valence-electron chi connectivity index (χ2n) is 5.48. The molecule has 2 N–H and O–H groups in total. The SMILES string of the molecule is O=C(CSc1n[nH]c(=O)c2cc(-c3ccco3)nn12)Nc1ccc(Cl)cc1. The minimum atomic E-state index is -0.379. The van der Waals surface area contributed by atoms with Crippen molar-refractivity contribution in [1.82, 2.24) is 19.8 Å². The Kier molecular flexibility index (Phi) is 4.69. The predicted octanol–water partition coefficient (Wildman–Crippen LogP) is 3.06. The number of nitrogens with one attached hydrogen (secondary N) is 2. The van der Waals surface area contributed by atoms with Gasteiger partial charge in [0.25, 0.3) is 5.56 Å². The molecule has 27 heavy (non-hydrogen) atoms. The van der Waals surface area contributed by atoms with Gasteiger partial charge in [0, 0.05) is 16.8 Å². The molecule has 3 heterocycles. The van der Waals surface area contributed by atoms with E-state index >= 15 is 0 Å². The number of halogens is 1. The maximum Gasteiger partial charge on any atom is 0.290 e. The third-order valence-electron chi connectivity index (χ3n) is 3.61. The number of aromatic nitrogens is 4. The van der Waals surface area contributed by atoms with Crippen molar-refractivity contribution < 1.29 is 9.21 Å². The van der Waals surface area contributed by atoms with Crippen LogP contribution in [0.3, 0.4) is 0 Å². The van der Waals surface area contributed by atoms with Gasteiger partial charge in [-0.1, -0.05) is 23.4 Å². The summed E-state index contributed by atoms with van der Waals surface area (Å²) < 4.78 is 6.71. The Morgan fingerprint density at radius 3 is 2.85 bits per heavy atom. The number of carbonyl (C=O) groups excluding carboxylic acids is 1. The van der Waals surface area contributed by atoms with Gasteiger partial charge in [0.1, 0.15) is 11.2 Å². The lowest BCUT2D eigenvalue weighted by atomic mass is 10.3. The van der Waals surface area contributed by atoms with E-state index in [0.29, 0.717) is 32.8 Å². The topological polar surface area (TPSA) is 105 Å². The lowest BCUT2D eigenvalue weighted by Crippen LogP contribution is -2.17. The Morgan fingerprint density at radius 1 is 1.30 bits per heavy atom. The number of amides is 1. The monoisotopic (exact) mass is 401 g/mol. The summed E-state index contributed by atoms with van der Waals surface area (Å²) in [4.78, 5) is 24.2. The van der Waals surface area contributed by atoms with Crippen LogP contribution in [0.4, 0.5) is 5.69 Å². The molecule has 0 saturated heterocycles. The zero-order chi connectivity index (χ0) is 18.8. The molecule has 0 aliphatic heterocycles. The van der Waals surface area contributed by atoms with Crippen molar-refractivity contribution in [2.45, 2.75) is 5.16 Å². The van der Waals surface area contributed by atoms with Gasteiger partial charge in [0.05, 0.1) is 12.0 Å². The van der Waals surface area contributed by atoms with E-state index in [1.807, 2.05) is 0 Å². The summed E-state index contributed by atoms with van der Waals surface area (Å²) in [6, 6.07) is 11.9. The van der Waals surface area contributed by atoms with E-state index in [9.17, 15) is 9.59 Å². The number of aromatic amines is 1. The van der Waals surface area contributed by atoms with E-state index in [0.717, 1.165) is 11.8 Å². The highest BCUT2D eigenvalue weighted by molar-refractivity contribution is 7.99. The maximum atomic E-state index is 12.2. The third-order valence-corrected chi connectivity index (χ3v) is 4.79. The summed E-state index contributed by atoms with van der Waals surface area (Å²) >= 11 is 6.98. The minimum absolute atomic E-state index is 0.0900. The molecule has 0 fully saturated rings. The number of rotatable bonds is 5. The van der Waals surface area contributed by atoms with Crippen molar-refractivity contribution in [1.29, 1.82) is 0 Å². The van der Waals surface area contributed by atoms with Crippen LogP contribution < -0.4 is 10.9 Å². The minimum Gasteiger partial charge on any atom is -0.463 e. The van der Waals surface area contributed by atoms with Crippen molar-refractivity contribution in [3.63, 3.8) is 0 Å². The zero-order valence-electron chi connectivity index (χ0n) is 13.7. The fraction of sp³-hybridized carbons (Fsp3) is 0.0588. The third kappa shape index (κ3) is 3.74. The predicted molar refractivity (Wildman–Crippen MR) is 102 cm³/mol. The van der Waals surface area contributed by atoms with Crippen molar-refractivity contribution in [2.75, 3.05) is 11.1 Å². The quantitative estimate of drug-likeness (QED) is 0.498. The van der Waals surface area contributed by atoms with Crippen LogP contribution in [0.1, 0.15) is 0 Å².